The predicted molar refractivity (Wildman–Crippen MR) is 136 cm³/mol. The summed E-state index contributed by atoms with van der Waals surface area (Å²) in [6.07, 6.45) is 0. The van der Waals surface area contributed by atoms with Gasteiger partial charge in [-0.3, -0.25) is 4.90 Å². The van der Waals surface area contributed by atoms with Gasteiger partial charge in [0.2, 0.25) is 6.79 Å². The second-order valence-electron chi connectivity index (χ2n) is 8.97. The number of amides is 2. The lowest BCUT2D eigenvalue weighted by molar-refractivity contribution is 0.0600. The molecule has 3 aromatic carbocycles. The van der Waals surface area contributed by atoms with Crippen LogP contribution in [0.1, 0.15) is 15.9 Å². The highest BCUT2D eigenvalue weighted by atomic mass is 16.7. The summed E-state index contributed by atoms with van der Waals surface area (Å²) in [5.41, 5.74) is 4.14. The number of esters is 1. The van der Waals surface area contributed by atoms with Crippen LogP contribution in [0.4, 0.5) is 10.5 Å². The normalized spacial score (nSPS) is 15.0. The average molecular weight is 488 g/mol. The van der Waals surface area contributed by atoms with Gasteiger partial charge >= 0.3 is 12.0 Å². The van der Waals surface area contributed by atoms with Crippen LogP contribution in [0.15, 0.2) is 66.7 Å². The smallest absolute Gasteiger partial charge is 0.337 e. The van der Waals surface area contributed by atoms with Gasteiger partial charge in [0.05, 0.1) is 19.2 Å². The van der Waals surface area contributed by atoms with Gasteiger partial charge in [-0.1, -0.05) is 30.3 Å². The summed E-state index contributed by atoms with van der Waals surface area (Å²) < 4.78 is 15.8. The lowest BCUT2D eigenvalue weighted by Crippen LogP contribution is -2.51. The number of ether oxygens (including phenoxy) is 3. The van der Waals surface area contributed by atoms with E-state index in [2.05, 4.69) is 11.9 Å². The number of hydrogen-bond acceptors (Lipinski definition) is 6. The van der Waals surface area contributed by atoms with E-state index >= 15 is 0 Å². The van der Waals surface area contributed by atoms with Crippen molar-refractivity contribution < 1.29 is 23.8 Å². The Morgan fingerprint density at radius 3 is 2.36 bits per heavy atom. The van der Waals surface area contributed by atoms with Crippen molar-refractivity contribution in [3.63, 3.8) is 0 Å². The number of anilines is 1. The molecule has 0 unspecified atom stereocenters. The third-order valence-electron chi connectivity index (χ3n) is 6.58. The Hall–Kier alpha value is -4.04. The highest BCUT2D eigenvalue weighted by Crippen LogP contribution is 2.37. The van der Waals surface area contributed by atoms with E-state index in [9.17, 15) is 9.59 Å². The van der Waals surface area contributed by atoms with E-state index in [1.165, 1.54) is 7.11 Å². The SMILES string of the molecule is COC(=O)c1ccc(CN(C(=O)N2CCN(C)CC2)c2cccc(-c3ccc4c(c3)OCO4)c2)cc1. The number of fused-ring (bicyclic) bond motifs is 1. The summed E-state index contributed by atoms with van der Waals surface area (Å²) in [5, 5.41) is 0. The molecule has 0 bridgehead atoms. The van der Waals surface area contributed by atoms with Crippen molar-refractivity contribution >= 4 is 17.7 Å². The van der Waals surface area contributed by atoms with Gasteiger partial charge in [0, 0.05) is 31.9 Å². The van der Waals surface area contributed by atoms with Crippen LogP contribution in [0.25, 0.3) is 11.1 Å². The molecule has 1 saturated heterocycles. The number of benzene rings is 3. The van der Waals surface area contributed by atoms with E-state index in [1.54, 1.807) is 17.0 Å². The minimum atomic E-state index is -0.386. The first-order valence-electron chi connectivity index (χ1n) is 11.9. The summed E-state index contributed by atoms with van der Waals surface area (Å²) in [6, 6.07) is 20.9. The third kappa shape index (κ3) is 4.99. The zero-order valence-corrected chi connectivity index (χ0v) is 20.5. The van der Waals surface area contributed by atoms with Gasteiger partial charge in [-0.05, 0) is 60.1 Å². The van der Waals surface area contributed by atoms with E-state index in [4.69, 9.17) is 14.2 Å². The number of rotatable bonds is 5. The number of carbonyl (C=O) groups is 2. The minimum absolute atomic E-state index is 0.0389. The first kappa shape index (κ1) is 23.7. The fraction of sp³-hybridized carbons (Fsp3) is 0.286. The molecule has 8 heteroatoms. The number of urea groups is 1. The Morgan fingerprint density at radius 1 is 0.889 bits per heavy atom. The monoisotopic (exact) mass is 487 g/mol. The lowest BCUT2D eigenvalue weighted by atomic mass is 10.0. The van der Waals surface area contributed by atoms with Gasteiger partial charge in [-0.25, -0.2) is 9.59 Å². The molecule has 3 aromatic rings. The Labute approximate surface area is 210 Å². The highest BCUT2D eigenvalue weighted by molar-refractivity contribution is 5.93. The number of likely N-dealkylation sites (N-methyl/N-ethyl adjacent to an activating group) is 1. The van der Waals surface area contributed by atoms with Gasteiger partial charge in [-0.2, -0.15) is 0 Å². The summed E-state index contributed by atoms with van der Waals surface area (Å²) in [4.78, 5) is 31.5. The highest BCUT2D eigenvalue weighted by Gasteiger charge is 2.26. The fourth-order valence-electron chi connectivity index (χ4n) is 4.41. The number of nitrogens with zero attached hydrogens (tertiary/aromatic N) is 3. The Morgan fingerprint density at radius 2 is 1.61 bits per heavy atom. The molecule has 2 heterocycles. The zero-order valence-electron chi connectivity index (χ0n) is 20.5. The molecule has 2 amide bonds. The first-order valence-corrected chi connectivity index (χ1v) is 11.9. The third-order valence-corrected chi connectivity index (χ3v) is 6.58. The topological polar surface area (TPSA) is 71.6 Å². The van der Waals surface area contributed by atoms with Gasteiger partial charge < -0.3 is 24.0 Å². The molecular formula is C28H29N3O5. The maximum Gasteiger partial charge on any atom is 0.337 e. The largest absolute Gasteiger partial charge is 0.465 e. The van der Waals surface area contributed by atoms with Crippen LogP contribution < -0.4 is 14.4 Å². The molecule has 8 nitrogen and oxygen atoms in total. The molecule has 0 N–H and O–H groups in total. The molecule has 0 aromatic heterocycles. The first-order chi connectivity index (χ1) is 17.5. The van der Waals surface area contributed by atoms with Crippen molar-refractivity contribution in [2.75, 3.05) is 52.0 Å². The molecule has 0 spiro atoms. The lowest BCUT2D eigenvalue weighted by Gasteiger charge is -2.36. The molecule has 5 rings (SSSR count). The van der Waals surface area contributed by atoms with Crippen molar-refractivity contribution in [3.8, 4) is 22.6 Å². The van der Waals surface area contributed by atoms with Crippen LogP contribution in [0.5, 0.6) is 11.5 Å². The molecule has 2 aliphatic rings. The summed E-state index contributed by atoms with van der Waals surface area (Å²) in [7, 11) is 3.43. The number of piperazine rings is 1. The Balaban J connectivity index is 1.45. The van der Waals surface area contributed by atoms with E-state index in [1.807, 2.05) is 59.5 Å². The van der Waals surface area contributed by atoms with Gasteiger partial charge in [-0.15, -0.1) is 0 Å². The second kappa shape index (κ2) is 10.3. The number of methoxy groups -OCH3 is 1. The van der Waals surface area contributed by atoms with E-state index in [0.717, 1.165) is 41.2 Å². The molecule has 0 aliphatic carbocycles. The van der Waals surface area contributed by atoms with Gasteiger partial charge in [0.1, 0.15) is 0 Å². The molecule has 1 fully saturated rings. The maximum absolute atomic E-state index is 13.8. The molecule has 0 radical (unpaired) electrons. The molecule has 0 saturated carbocycles. The molecule has 0 atom stereocenters. The Kier molecular flexibility index (Phi) is 6.77. The van der Waals surface area contributed by atoms with Crippen molar-refractivity contribution in [2.24, 2.45) is 0 Å². The molecule has 2 aliphatic heterocycles. The maximum atomic E-state index is 13.8. The van der Waals surface area contributed by atoms with E-state index in [-0.39, 0.29) is 18.8 Å². The summed E-state index contributed by atoms with van der Waals surface area (Å²) in [5.74, 6) is 1.06. The van der Waals surface area contributed by atoms with Gasteiger partial charge in [0.25, 0.3) is 0 Å². The zero-order chi connectivity index (χ0) is 25.1. The van der Waals surface area contributed by atoms with Crippen LogP contribution in [0.2, 0.25) is 0 Å². The Bertz CT molecular complexity index is 1250. The standard InChI is InChI=1S/C28H29N3O5/c1-29-12-14-30(15-13-29)28(33)31(18-20-6-8-21(9-7-20)27(32)34-2)24-5-3-4-22(16-24)23-10-11-25-26(17-23)36-19-35-25/h3-11,16-17H,12-15,18-19H2,1-2H3. The van der Waals surface area contributed by atoms with Crippen molar-refractivity contribution in [3.05, 3.63) is 77.9 Å². The second-order valence-corrected chi connectivity index (χ2v) is 8.97. The number of hydrogen-bond donors (Lipinski definition) is 0. The average Bonchev–Trinajstić information content (AvgIpc) is 3.40. The minimum Gasteiger partial charge on any atom is -0.465 e. The predicted octanol–water partition coefficient (Wildman–Crippen LogP) is 4.24. The van der Waals surface area contributed by atoms with Crippen LogP contribution in [0.3, 0.4) is 0 Å². The quantitative estimate of drug-likeness (QED) is 0.502. The molecule has 36 heavy (non-hydrogen) atoms. The van der Waals surface area contributed by atoms with E-state index in [0.29, 0.717) is 30.9 Å². The van der Waals surface area contributed by atoms with Crippen molar-refractivity contribution in [1.82, 2.24) is 9.80 Å². The fourth-order valence-corrected chi connectivity index (χ4v) is 4.41. The van der Waals surface area contributed by atoms with Crippen LogP contribution >= 0.6 is 0 Å². The molecule has 186 valence electrons. The number of carbonyl (C=O) groups excluding carboxylic acids is 2. The van der Waals surface area contributed by atoms with Crippen LogP contribution in [0, 0.1) is 0 Å². The summed E-state index contributed by atoms with van der Waals surface area (Å²) in [6.45, 7) is 3.62. The van der Waals surface area contributed by atoms with E-state index < -0.39 is 0 Å². The summed E-state index contributed by atoms with van der Waals surface area (Å²) >= 11 is 0. The van der Waals surface area contributed by atoms with Crippen molar-refractivity contribution in [2.45, 2.75) is 6.54 Å². The van der Waals surface area contributed by atoms with Crippen LogP contribution in [-0.4, -0.2) is 68.9 Å². The molecular weight excluding hydrogens is 458 g/mol. The van der Waals surface area contributed by atoms with Crippen LogP contribution in [-0.2, 0) is 11.3 Å². The van der Waals surface area contributed by atoms with Gasteiger partial charge in [0.15, 0.2) is 11.5 Å². The van der Waals surface area contributed by atoms with Crippen molar-refractivity contribution in [1.29, 1.82) is 0 Å².